The molecular weight excluding hydrogens is 550 g/mol. The van der Waals surface area contributed by atoms with Gasteiger partial charge in [0.25, 0.3) is 0 Å². The maximum atomic E-state index is 13.6. The van der Waals surface area contributed by atoms with Crippen LogP contribution in [0, 0.1) is 27.7 Å². The Morgan fingerprint density at radius 2 is 1.89 bits per heavy atom. The van der Waals surface area contributed by atoms with Gasteiger partial charge in [-0.3, -0.25) is 9.36 Å². The maximum Gasteiger partial charge on any atom is 0.399 e. The fourth-order valence-electron chi connectivity index (χ4n) is 3.72. The van der Waals surface area contributed by atoms with Crippen LogP contribution in [0.5, 0.6) is 0 Å². The summed E-state index contributed by atoms with van der Waals surface area (Å²) in [6, 6.07) is 5.45. The smallest absolute Gasteiger partial charge is 0.389 e. The number of aromatic nitrogens is 5. The summed E-state index contributed by atoms with van der Waals surface area (Å²) >= 11 is 2.92. The Hall–Kier alpha value is -3.51. The van der Waals surface area contributed by atoms with Crippen LogP contribution in [0.25, 0.3) is 11.3 Å². The number of hydrogen-bond donors (Lipinski definition) is 1. The number of benzene rings is 1. The summed E-state index contributed by atoms with van der Waals surface area (Å²) in [5, 5.41) is 29.1. The number of aliphatic hydroxyl groups excluding tert-OH is 1. The molecule has 196 valence electrons. The first-order valence-corrected chi connectivity index (χ1v) is 12.2. The molecule has 0 spiro atoms. The van der Waals surface area contributed by atoms with Crippen LogP contribution in [0.1, 0.15) is 43.6 Å². The van der Waals surface area contributed by atoms with Crippen molar-refractivity contribution >= 4 is 21.7 Å². The van der Waals surface area contributed by atoms with Crippen molar-refractivity contribution in [1.29, 1.82) is 0 Å². The molecule has 0 saturated carbocycles. The van der Waals surface area contributed by atoms with Crippen LogP contribution in [-0.4, -0.2) is 34.6 Å². The minimum atomic E-state index is -0.940. The lowest BCUT2D eigenvalue weighted by molar-refractivity contribution is -0.392. The molecule has 12 heteroatoms. The molecule has 3 heterocycles. The number of nitrogens with zero attached hydrogens (tertiary/aromatic N) is 6. The van der Waals surface area contributed by atoms with E-state index in [-0.39, 0.29) is 5.82 Å². The van der Waals surface area contributed by atoms with Crippen molar-refractivity contribution in [3.63, 3.8) is 0 Å². The van der Waals surface area contributed by atoms with Crippen molar-refractivity contribution < 1.29 is 18.8 Å². The van der Waals surface area contributed by atoms with Gasteiger partial charge in [-0.25, -0.2) is 4.39 Å². The third-order valence-corrected chi connectivity index (χ3v) is 5.65. The standard InChI is InChI=1S/C20H25FN4O.C5H2BrFN2O2/c1-13(2)10-25-11-15(9-22-25)7-16-12-24(4)23-20(16)18-6-5-17(21)8-19(18)14(3)26;6-3-1-4(7)5(8-2-3)9(10)11/h5-6,8-9,11-14,26H,7,10H2,1-4H3;1-2H/t14-;/m1./s1. The number of nitro groups is 1. The molecule has 0 aliphatic heterocycles. The first kappa shape index (κ1) is 28.1. The van der Waals surface area contributed by atoms with Crippen LogP contribution < -0.4 is 0 Å². The van der Waals surface area contributed by atoms with Crippen LogP contribution in [0.15, 0.2) is 53.5 Å². The molecule has 0 fully saturated rings. The molecular formula is C25H27BrF2N6O3. The molecule has 1 atom stereocenters. The lowest BCUT2D eigenvalue weighted by Gasteiger charge is -2.12. The van der Waals surface area contributed by atoms with Crippen LogP contribution in [0.2, 0.25) is 0 Å². The molecule has 1 N–H and O–H groups in total. The second-order valence-electron chi connectivity index (χ2n) is 8.94. The lowest BCUT2D eigenvalue weighted by Crippen LogP contribution is -2.04. The fraction of sp³-hybridized carbons (Fsp3) is 0.320. The van der Waals surface area contributed by atoms with Gasteiger partial charge in [0.15, 0.2) is 6.20 Å². The molecule has 1 aromatic carbocycles. The summed E-state index contributed by atoms with van der Waals surface area (Å²) in [6.45, 7) is 6.83. The second-order valence-corrected chi connectivity index (χ2v) is 9.86. The number of aliphatic hydroxyl groups is 1. The zero-order valence-electron chi connectivity index (χ0n) is 20.8. The molecule has 4 rings (SSSR count). The normalized spacial score (nSPS) is 11.8. The first-order valence-electron chi connectivity index (χ1n) is 11.4. The average molecular weight is 577 g/mol. The zero-order chi connectivity index (χ0) is 27.3. The number of halogens is 3. The molecule has 9 nitrogen and oxygen atoms in total. The van der Waals surface area contributed by atoms with E-state index in [0.29, 0.717) is 22.4 Å². The fourth-order valence-corrected chi connectivity index (χ4v) is 4.03. The highest BCUT2D eigenvalue weighted by molar-refractivity contribution is 9.10. The van der Waals surface area contributed by atoms with Gasteiger partial charge in [-0.05, 0) is 68.0 Å². The Morgan fingerprint density at radius 3 is 2.51 bits per heavy atom. The number of hydrogen-bond acceptors (Lipinski definition) is 6. The molecule has 0 aliphatic rings. The predicted molar refractivity (Wildman–Crippen MR) is 138 cm³/mol. The van der Waals surface area contributed by atoms with Crippen LogP contribution in [0.3, 0.4) is 0 Å². The Kier molecular flexibility index (Phi) is 9.22. The molecule has 37 heavy (non-hydrogen) atoms. The molecule has 3 aromatic heterocycles. The van der Waals surface area contributed by atoms with Gasteiger partial charge < -0.3 is 15.2 Å². The van der Waals surface area contributed by atoms with Gasteiger partial charge in [-0.1, -0.05) is 13.8 Å². The summed E-state index contributed by atoms with van der Waals surface area (Å²) in [4.78, 5) is 12.4. The summed E-state index contributed by atoms with van der Waals surface area (Å²) in [7, 11) is 1.86. The minimum Gasteiger partial charge on any atom is -0.389 e. The van der Waals surface area contributed by atoms with E-state index in [2.05, 4.69) is 51.2 Å². The third kappa shape index (κ3) is 7.49. The van der Waals surface area contributed by atoms with Crippen molar-refractivity contribution in [2.75, 3.05) is 0 Å². The van der Waals surface area contributed by atoms with E-state index in [1.165, 1.54) is 18.3 Å². The van der Waals surface area contributed by atoms with Gasteiger partial charge in [0.2, 0.25) is 5.82 Å². The van der Waals surface area contributed by atoms with Crippen LogP contribution in [-0.2, 0) is 20.0 Å². The summed E-state index contributed by atoms with van der Waals surface area (Å²) in [5.41, 5.74) is 4.18. The van der Waals surface area contributed by atoms with E-state index < -0.39 is 22.7 Å². The van der Waals surface area contributed by atoms with Gasteiger partial charge in [0.05, 0.1) is 22.5 Å². The van der Waals surface area contributed by atoms with E-state index in [1.807, 2.05) is 24.1 Å². The Balaban J connectivity index is 0.000000289. The van der Waals surface area contributed by atoms with Crippen molar-refractivity contribution in [3.05, 3.63) is 92.0 Å². The molecule has 0 bridgehead atoms. The van der Waals surface area contributed by atoms with E-state index >= 15 is 0 Å². The lowest BCUT2D eigenvalue weighted by atomic mass is 9.96. The van der Waals surface area contributed by atoms with E-state index in [0.717, 1.165) is 35.0 Å². The SMILES string of the molecule is CC(C)Cn1cc(Cc2cn(C)nc2-c2ccc(F)cc2[C@@H](C)O)cn1.O=[N+]([O-])c1ncc(Br)cc1F. The molecule has 4 aromatic rings. The van der Waals surface area contributed by atoms with Crippen LogP contribution >= 0.6 is 15.9 Å². The molecule has 0 saturated heterocycles. The van der Waals surface area contributed by atoms with E-state index in [9.17, 15) is 24.0 Å². The number of rotatable bonds is 7. The third-order valence-electron chi connectivity index (χ3n) is 5.22. The summed E-state index contributed by atoms with van der Waals surface area (Å²) < 4.78 is 30.3. The summed E-state index contributed by atoms with van der Waals surface area (Å²) in [6.07, 6.45) is 6.96. The maximum absolute atomic E-state index is 13.6. The van der Waals surface area contributed by atoms with Gasteiger partial charge in [0, 0.05) is 49.6 Å². The second kappa shape index (κ2) is 12.2. The number of pyridine rings is 1. The van der Waals surface area contributed by atoms with E-state index in [1.54, 1.807) is 17.7 Å². The Morgan fingerprint density at radius 1 is 1.16 bits per heavy atom. The quantitative estimate of drug-likeness (QED) is 0.226. The van der Waals surface area contributed by atoms with Crippen molar-refractivity contribution in [3.8, 4) is 11.3 Å². The Bertz CT molecular complexity index is 1390. The van der Waals surface area contributed by atoms with Crippen molar-refractivity contribution in [1.82, 2.24) is 24.5 Å². The molecule has 0 unspecified atom stereocenters. The molecule has 0 amide bonds. The van der Waals surface area contributed by atoms with Gasteiger partial charge in [0.1, 0.15) is 5.82 Å². The molecule has 0 radical (unpaired) electrons. The average Bonchev–Trinajstić information content (AvgIpc) is 3.39. The van der Waals surface area contributed by atoms with Gasteiger partial charge in [-0.15, -0.1) is 0 Å². The van der Waals surface area contributed by atoms with Gasteiger partial charge >= 0.3 is 5.82 Å². The molecule has 0 aliphatic carbocycles. The minimum absolute atomic E-state index is 0.364. The monoisotopic (exact) mass is 576 g/mol. The van der Waals surface area contributed by atoms with Gasteiger partial charge in [-0.2, -0.15) is 14.6 Å². The summed E-state index contributed by atoms with van der Waals surface area (Å²) in [5.74, 6) is -1.53. The largest absolute Gasteiger partial charge is 0.399 e. The zero-order valence-corrected chi connectivity index (χ0v) is 22.4. The van der Waals surface area contributed by atoms with Crippen LogP contribution in [0.4, 0.5) is 14.6 Å². The van der Waals surface area contributed by atoms with Crippen molar-refractivity contribution in [2.24, 2.45) is 13.0 Å². The highest BCUT2D eigenvalue weighted by Crippen LogP contribution is 2.31. The van der Waals surface area contributed by atoms with Crippen molar-refractivity contribution in [2.45, 2.75) is 39.8 Å². The first-order chi connectivity index (χ1) is 17.4. The van der Waals surface area contributed by atoms with E-state index in [4.69, 9.17) is 0 Å². The highest BCUT2D eigenvalue weighted by atomic mass is 79.9. The predicted octanol–water partition coefficient (Wildman–Crippen LogP) is 5.61. The Labute approximate surface area is 221 Å². The highest BCUT2D eigenvalue weighted by Gasteiger charge is 2.18. The number of aryl methyl sites for hydroxylation is 1. The topological polar surface area (TPSA) is 112 Å².